The summed E-state index contributed by atoms with van der Waals surface area (Å²) in [4.78, 5) is 67.7. The van der Waals surface area contributed by atoms with Gasteiger partial charge in [-0.05, 0) is 53.9 Å². The summed E-state index contributed by atoms with van der Waals surface area (Å²) in [6.07, 6.45) is 0.138. The van der Waals surface area contributed by atoms with Gasteiger partial charge in [0, 0.05) is 62.6 Å². The number of carbonyl (C=O) groups excluding carboxylic acids is 5. The molecule has 1 unspecified atom stereocenters. The summed E-state index contributed by atoms with van der Waals surface area (Å²) in [5, 5.41) is 3.30. The minimum Gasteiger partial charge on any atom is -0.380 e. The van der Waals surface area contributed by atoms with Crippen LogP contribution >= 0.6 is 0 Å². The molecule has 43 heavy (non-hydrogen) atoms. The maximum Gasteiger partial charge on any atom is 0.264 e. The molecule has 0 radical (unpaired) electrons. The molecule has 10 nitrogen and oxygen atoms in total. The van der Waals surface area contributed by atoms with Gasteiger partial charge in [0.15, 0.2) is 5.78 Å². The molecule has 0 aromatic heterocycles. The van der Waals surface area contributed by atoms with E-state index in [0.29, 0.717) is 17.8 Å². The topological polar surface area (TPSA) is 133 Å². The number of fused-ring (bicyclic) bond motifs is 1. The van der Waals surface area contributed by atoms with Crippen molar-refractivity contribution in [2.75, 3.05) is 36.4 Å². The Morgan fingerprint density at radius 3 is 2.21 bits per heavy atom. The average Bonchev–Trinajstić information content (AvgIpc) is 3.27. The van der Waals surface area contributed by atoms with Gasteiger partial charge in [0.05, 0.1) is 23.6 Å². The number of anilines is 2. The van der Waals surface area contributed by atoms with Gasteiger partial charge < -0.3 is 16.0 Å². The van der Waals surface area contributed by atoms with Crippen LogP contribution in [0.2, 0.25) is 0 Å². The Hall–Kier alpha value is -4.83. The van der Waals surface area contributed by atoms with Gasteiger partial charge in [-0.2, -0.15) is 0 Å². The van der Waals surface area contributed by atoms with Crippen LogP contribution < -0.4 is 16.0 Å². The third-order valence-electron chi connectivity index (χ3n) is 8.50. The number of nitrogens with one attached hydrogen (secondary N) is 1. The zero-order valence-corrected chi connectivity index (χ0v) is 23.8. The highest BCUT2D eigenvalue weighted by Crippen LogP contribution is 2.33. The monoisotopic (exact) mass is 579 g/mol. The van der Waals surface area contributed by atoms with Crippen LogP contribution in [0.1, 0.15) is 61.5 Å². The molecule has 10 heteroatoms. The van der Waals surface area contributed by atoms with Crippen LogP contribution in [0, 0.1) is 0 Å². The van der Waals surface area contributed by atoms with Crippen LogP contribution in [0.5, 0.6) is 0 Å². The van der Waals surface area contributed by atoms with Gasteiger partial charge in [-0.3, -0.25) is 33.8 Å². The Kier molecular flexibility index (Phi) is 7.77. The van der Waals surface area contributed by atoms with E-state index in [4.69, 9.17) is 5.73 Å². The first-order valence-corrected chi connectivity index (χ1v) is 14.5. The molecule has 0 bridgehead atoms. The number of piperazine rings is 1. The average molecular weight is 580 g/mol. The zero-order valence-electron chi connectivity index (χ0n) is 23.8. The molecule has 2 heterocycles. The lowest BCUT2D eigenvalue weighted by atomic mass is 9.92. The Morgan fingerprint density at radius 2 is 1.53 bits per heavy atom. The van der Waals surface area contributed by atoms with E-state index in [0.717, 1.165) is 48.9 Å². The lowest BCUT2D eigenvalue weighted by Crippen LogP contribution is -2.47. The summed E-state index contributed by atoms with van der Waals surface area (Å²) in [6, 6.07) is 19.9. The fourth-order valence-electron chi connectivity index (χ4n) is 6.08. The van der Waals surface area contributed by atoms with Gasteiger partial charge in [0.1, 0.15) is 5.78 Å². The van der Waals surface area contributed by atoms with Crippen LogP contribution in [0.15, 0.2) is 66.7 Å². The Bertz CT molecular complexity index is 1590. The van der Waals surface area contributed by atoms with Gasteiger partial charge in [0.2, 0.25) is 5.91 Å². The zero-order chi connectivity index (χ0) is 30.1. The highest BCUT2D eigenvalue weighted by molar-refractivity contribution is 6.25. The number of hydrogen-bond donors (Lipinski definition) is 2. The van der Waals surface area contributed by atoms with Crippen LogP contribution in [-0.4, -0.2) is 71.3 Å². The van der Waals surface area contributed by atoms with Gasteiger partial charge in [-0.1, -0.05) is 30.3 Å². The number of Topliss-reactive ketones (excluding diaryl/α,β-unsaturated/α-hetero) is 2. The van der Waals surface area contributed by atoms with Crippen molar-refractivity contribution < 1.29 is 24.0 Å². The third-order valence-corrected chi connectivity index (χ3v) is 8.50. The van der Waals surface area contributed by atoms with Crippen LogP contribution in [0.4, 0.5) is 11.4 Å². The number of rotatable bonds is 8. The summed E-state index contributed by atoms with van der Waals surface area (Å²) < 4.78 is 0. The number of ketones is 2. The summed E-state index contributed by atoms with van der Waals surface area (Å²) in [5.74, 6) is -1.93. The Balaban J connectivity index is 1.04. The largest absolute Gasteiger partial charge is 0.380 e. The molecule has 2 fully saturated rings. The number of imide groups is 1. The summed E-state index contributed by atoms with van der Waals surface area (Å²) in [5.41, 5.74) is 10.3. The van der Waals surface area contributed by atoms with Crippen LogP contribution in [-0.2, 0) is 22.7 Å². The van der Waals surface area contributed by atoms with E-state index in [2.05, 4.69) is 39.4 Å². The van der Waals surface area contributed by atoms with E-state index in [-0.39, 0.29) is 42.0 Å². The van der Waals surface area contributed by atoms with Crippen molar-refractivity contribution in [2.45, 2.75) is 38.4 Å². The molecule has 3 aromatic rings. The van der Waals surface area contributed by atoms with Crippen molar-refractivity contribution >= 4 is 40.7 Å². The molecule has 3 N–H and O–H groups in total. The number of primary amides is 1. The quantitative estimate of drug-likeness (QED) is 0.308. The predicted molar refractivity (Wildman–Crippen MR) is 161 cm³/mol. The first kappa shape index (κ1) is 28.3. The van der Waals surface area contributed by atoms with E-state index in [1.54, 1.807) is 30.3 Å². The first-order chi connectivity index (χ1) is 20.8. The van der Waals surface area contributed by atoms with E-state index >= 15 is 0 Å². The van der Waals surface area contributed by atoms with Gasteiger partial charge in [-0.15, -0.1) is 0 Å². The van der Waals surface area contributed by atoms with Crippen LogP contribution in [0.25, 0.3) is 0 Å². The van der Waals surface area contributed by atoms with E-state index in [1.807, 2.05) is 12.1 Å². The van der Waals surface area contributed by atoms with Crippen LogP contribution in [0.3, 0.4) is 0 Å². The SMILES string of the molecule is NC(=O)c1ccc(N2CCN(Cc3ccc(CNc4cccc5c4C(=O)N(C4CCC(=O)CC4=O)C5=O)cc3)CC2)cc1. The maximum absolute atomic E-state index is 13.3. The number of benzene rings is 3. The lowest BCUT2D eigenvalue weighted by Gasteiger charge is -2.36. The second kappa shape index (κ2) is 11.8. The van der Waals surface area contributed by atoms with Crippen molar-refractivity contribution in [1.82, 2.24) is 9.80 Å². The molecule has 2 aliphatic heterocycles. The molecule has 3 aliphatic rings. The van der Waals surface area contributed by atoms with E-state index in [9.17, 15) is 24.0 Å². The van der Waals surface area contributed by atoms with Gasteiger partial charge >= 0.3 is 0 Å². The van der Waals surface area contributed by atoms with Gasteiger partial charge in [0.25, 0.3) is 11.8 Å². The molecule has 220 valence electrons. The van der Waals surface area contributed by atoms with Gasteiger partial charge in [-0.25, -0.2) is 0 Å². The van der Waals surface area contributed by atoms with Crippen molar-refractivity contribution in [2.24, 2.45) is 5.73 Å². The number of nitrogens with zero attached hydrogens (tertiary/aromatic N) is 3. The van der Waals surface area contributed by atoms with Crippen molar-refractivity contribution in [3.05, 3.63) is 94.5 Å². The smallest absolute Gasteiger partial charge is 0.264 e. The Labute approximate surface area is 249 Å². The fourth-order valence-corrected chi connectivity index (χ4v) is 6.08. The number of nitrogens with two attached hydrogens (primary N) is 1. The molecule has 3 aromatic carbocycles. The fraction of sp³-hybridized carbons (Fsp3) is 0.303. The highest BCUT2D eigenvalue weighted by atomic mass is 16.2. The number of hydrogen-bond acceptors (Lipinski definition) is 8. The Morgan fingerprint density at radius 1 is 0.837 bits per heavy atom. The molecule has 1 saturated heterocycles. The van der Waals surface area contributed by atoms with Crippen molar-refractivity contribution in [3.8, 4) is 0 Å². The van der Waals surface area contributed by atoms with Crippen molar-refractivity contribution in [1.29, 1.82) is 0 Å². The third kappa shape index (κ3) is 5.78. The second-order valence-corrected chi connectivity index (χ2v) is 11.3. The second-order valence-electron chi connectivity index (χ2n) is 11.3. The predicted octanol–water partition coefficient (Wildman–Crippen LogP) is 3.01. The molecule has 3 amide bonds. The minimum absolute atomic E-state index is 0.153. The molecular weight excluding hydrogens is 546 g/mol. The molecular formula is C33H33N5O5. The molecule has 1 aliphatic carbocycles. The molecule has 1 saturated carbocycles. The number of amides is 3. The summed E-state index contributed by atoms with van der Waals surface area (Å²) in [6.45, 7) is 4.93. The maximum atomic E-state index is 13.3. The summed E-state index contributed by atoms with van der Waals surface area (Å²) >= 11 is 0. The molecule has 6 rings (SSSR count). The van der Waals surface area contributed by atoms with E-state index < -0.39 is 23.8 Å². The molecule has 0 spiro atoms. The first-order valence-electron chi connectivity index (χ1n) is 14.5. The standard InChI is InChI=1S/C33H33N5O5/c34-31(41)23-8-10-24(11-9-23)37-16-14-36(15-17-37)20-22-6-4-21(5-7-22)19-35-27-3-1-2-26-30(27)33(43)38(32(26)42)28-13-12-25(39)18-29(28)40/h1-11,28,35H,12-20H2,(H2,34,41). The molecule has 1 atom stereocenters. The lowest BCUT2D eigenvalue weighted by molar-refractivity contribution is -0.132. The normalized spacial score (nSPS) is 19.1. The summed E-state index contributed by atoms with van der Waals surface area (Å²) in [7, 11) is 0. The minimum atomic E-state index is -0.886. The highest BCUT2D eigenvalue weighted by Gasteiger charge is 2.45. The van der Waals surface area contributed by atoms with E-state index in [1.165, 1.54) is 5.56 Å². The number of carbonyl (C=O) groups is 5. The van der Waals surface area contributed by atoms with Crippen molar-refractivity contribution in [3.63, 3.8) is 0 Å².